The SMILES string of the molecule is C[C@@H](NCc1cccc2c1OCCO2)c1ccccc1Cl. The highest BCUT2D eigenvalue weighted by Gasteiger charge is 2.16. The van der Waals surface area contributed by atoms with Crippen LogP contribution in [0.25, 0.3) is 0 Å². The van der Waals surface area contributed by atoms with Gasteiger partial charge in [0.1, 0.15) is 13.2 Å². The van der Waals surface area contributed by atoms with Crippen molar-refractivity contribution in [3.63, 3.8) is 0 Å². The molecule has 1 heterocycles. The van der Waals surface area contributed by atoms with Crippen LogP contribution in [0.1, 0.15) is 24.1 Å². The van der Waals surface area contributed by atoms with Crippen LogP contribution in [0.4, 0.5) is 0 Å². The monoisotopic (exact) mass is 303 g/mol. The molecule has 0 saturated heterocycles. The quantitative estimate of drug-likeness (QED) is 0.927. The van der Waals surface area contributed by atoms with E-state index in [1.165, 1.54) is 0 Å². The summed E-state index contributed by atoms with van der Waals surface area (Å²) in [5, 5.41) is 4.27. The van der Waals surface area contributed by atoms with Crippen LogP contribution >= 0.6 is 11.6 Å². The number of rotatable bonds is 4. The van der Waals surface area contributed by atoms with E-state index in [0.29, 0.717) is 19.8 Å². The van der Waals surface area contributed by atoms with Crippen molar-refractivity contribution in [2.24, 2.45) is 0 Å². The second-order valence-corrected chi connectivity index (χ2v) is 5.47. The van der Waals surface area contributed by atoms with Gasteiger partial charge in [-0.3, -0.25) is 0 Å². The first-order chi connectivity index (χ1) is 10.3. The van der Waals surface area contributed by atoms with Gasteiger partial charge in [-0.05, 0) is 24.6 Å². The lowest BCUT2D eigenvalue weighted by Crippen LogP contribution is -2.21. The van der Waals surface area contributed by atoms with Gasteiger partial charge in [-0.15, -0.1) is 0 Å². The van der Waals surface area contributed by atoms with E-state index in [1.807, 2.05) is 36.4 Å². The molecule has 0 spiro atoms. The molecule has 1 aliphatic rings. The van der Waals surface area contributed by atoms with Crippen molar-refractivity contribution in [3.8, 4) is 11.5 Å². The van der Waals surface area contributed by atoms with Crippen molar-refractivity contribution < 1.29 is 9.47 Å². The van der Waals surface area contributed by atoms with Gasteiger partial charge >= 0.3 is 0 Å². The largest absolute Gasteiger partial charge is 0.486 e. The van der Waals surface area contributed by atoms with Crippen LogP contribution in [0.5, 0.6) is 11.5 Å². The summed E-state index contributed by atoms with van der Waals surface area (Å²) in [6.07, 6.45) is 0. The van der Waals surface area contributed by atoms with E-state index in [4.69, 9.17) is 21.1 Å². The minimum absolute atomic E-state index is 0.166. The third-order valence-corrected chi connectivity index (χ3v) is 3.96. The smallest absolute Gasteiger partial charge is 0.165 e. The lowest BCUT2D eigenvalue weighted by atomic mass is 10.1. The van der Waals surface area contributed by atoms with Gasteiger partial charge < -0.3 is 14.8 Å². The molecule has 2 aromatic carbocycles. The third-order valence-electron chi connectivity index (χ3n) is 3.62. The molecule has 3 rings (SSSR count). The summed E-state index contributed by atoms with van der Waals surface area (Å²) in [6.45, 7) is 4.02. The molecule has 1 atom stereocenters. The minimum atomic E-state index is 0.166. The van der Waals surface area contributed by atoms with Gasteiger partial charge in [-0.25, -0.2) is 0 Å². The van der Waals surface area contributed by atoms with Crippen molar-refractivity contribution in [2.75, 3.05) is 13.2 Å². The topological polar surface area (TPSA) is 30.5 Å². The summed E-state index contributed by atoms with van der Waals surface area (Å²) in [4.78, 5) is 0. The molecule has 0 bridgehead atoms. The molecule has 0 aliphatic carbocycles. The van der Waals surface area contributed by atoms with Crippen molar-refractivity contribution in [2.45, 2.75) is 19.5 Å². The summed E-state index contributed by atoms with van der Waals surface area (Å²) in [6, 6.07) is 14.0. The van der Waals surface area contributed by atoms with Crippen LogP contribution in [0.3, 0.4) is 0 Å². The first kappa shape index (κ1) is 14.2. The first-order valence-corrected chi connectivity index (χ1v) is 7.49. The highest BCUT2D eigenvalue weighted by molar-refractivity contribution is 6.31. The Hall–Kier alpha value is -1.71. The molecule has 110 valence electrons. The molecule has 0 radical (unpaired) electrons. The third kappa shape index (κ3) is 3.14. The van der Waals surface area contributed by atoms with Gasteiger partial charge in [0.25, 0.3) is 0 Å². The zero-order valence-corrected chi connectivity index (χ0v) is 12.7. The molecule has 1 aliphatic heterocycles. The van der Waals surface area contributed by atoms with Crippen LogP contribution in [-0.2, 0) is 6.54 Å². The average molecular weight is 304 g/mol. The van der Waals surface area contributed by atoms with E-state index >= 15 is 0 Å². The Morgan fingerprint density at radius 1 is 1.10 bits per heavy atom. The molecule has 21 heavy (non-hydrogen) atoms. The van der Waals surface area contributed by atoms with E-state index in [-0.39, 0.29) is 6.04 Å². The zero-order valence-electron chi connectivity index (χ0n) is 11.9. The molecule has 0 unspecified atom stereocenters. The summed E-state index contributed by atoms with van der Waals surface area (Å²) in [5.41, 5.74) is 2.20. The normalized spacial score (nSPS) is 14.8. The summed E-state index contributed by atoms with van der Waals surface area (Å²) in [7, 11) is 0. The van der Waals surface area contributed by atoms with Crippen LogP contribution in [0.15, 0.2) is 42.5 Å². The van der Waals surface area contributed by atoms with E-state index < -0.39 is 0 Å². The fourth-order valence-electron chi connectivity index (χ4n) is 2.47. The van der Waals surface area contributed by atoms with Crippen LogP contribution < -0.4 is 14.8 Å². The maximum Gasteiger partial charge on any atom is 0.165 e. The van der Waals surface area contributed by atoms with E-state index in [2.05, 4.69) is 18.3 Å². The number of halogens is 1. The summed E-state index contributed by atoms with van der Waals surface area (Å²) < 4.78 is 11.3. The molecule has 0 fully saturated rings. The number of fused-ring (bicyclic) bond motifs is 1. The van der Waals surface area contributed by atoms with Gasteiger partial charge in [-0.1, -0.05) is 41.9 Å². The number of hydrogen-bond acceptors (Lipinski definition) is 3. The van der Waals surface area contributed by atoms with Crippen LogP contribution in [-0.4, -0.2) is 13.2 Å². The number of ether oxygens (including phenoxy) is 2. The molecule has 0 amide bonds. The highest BCUT2D eigenvalue weighted by atomic mass is 35.5. The second kappa shape index (κ2) is 6.37. The Balaban J connectivity index is 1.72. The number of para-hydroxylation sites is 1. The molecule has 2 aromatic rings. The Morgan fingerprint density at radius 3 is 2.76 bits per heavy atom. The Morgan fingerprint density at radius 2 is 1.90 bits per heavy atom. The first-order valence-electron chi connectivity index (χ1n) is 7.11. The van der Waals surface area contributed by atoms with Crippen molar-refractivity contribution >= 4 is 11.6 Å². The fraction of sp³-hybridized carbons (Fsp3) is 0.294. The lowest BCUT2D eigenvalue weighted by Gasteiger charge is -2.22. The van der Waals surface area contributed by atoms with Gasteiger partial charge in [0.2, 0.25) is 0 Å². The summed E-state index contributed by atoms with van der Waals surface area (Å²) in [5.74, 6) is 1.67. The van der Waals surface area contributed by atoms with Gasteiger partial charge in [0, 0.05) is 23.2 Å². The lowest BCUT2D eigenvalue weighted by molar-refractivity contribution is 0.169. The molecule has 1 N–H and O–H groups in total. The van der Waals surface area contributed by atoms with E-state index in [9.17, 15) is 0 Å². The highest BCUT2D eigenvalue weighted by Crippen LogP contribution is 2.34. The van der Waals surface area contributed by atoms with Gasteiger partial charge in [-0.2, -0.15) is 0 Å². The number of nitrogens with one attached hydrogen (secondary N) is 1. The Kier molecular flexibility index (Phi) is 4.32. The van der Waals surface area contributed by atoms with E-state index in [0.717, 1.165) is 27.6 Å². The molecular weight excluding hydrogens is 286 g/mol. The molecular formula is C17H18ClNO2. The number of benzene rings is 2. The Labute approximate surface area is 129 Å². The predicted octanol–water partition coefficient (Wildman–Crippen LogP) is 3.96. The van der Waals surface area contributed by atoms with Crippen molar-refractivity contribution in [1.82, 2.24) is 5.32 Å². The van der Waals surface area contributed by atoms with Crippen molar-refractivity contribution in [3.05, 3.63) is 58.6 Å². The standard InChI is InChI=1S/C17H18ClNO2/c1-12(14-6-2-3-7-15(14)18)19-11-13-5-4-8-16-17(13)21-10-9-20-16/h2-8,12,19H,9-11H2,1H3/t12-/m1/s1. The summed E-state index contributed by atoms with van der Waals surface area (Å²) >= 11 is 6.23. The van der Waals surface area contributed by atoms with Crippen LogP contribution in [0, 0.1) is 0 Å². The molecule has 3 nitrogen and oxygen atoms in total. The number of hydrogen-bond donors (Lipinski definition) is 1. The fourth-order valence-corrected chi connectivity index (χ4v) is 2.77. The maximum atomic E-state index is 6.23. The molecule has 4 heteroatoms. The minimum Gasteiger partial charge on any atom is -0.486 e. The van der Waals surface area contributed by atoms with E-state index in [1.54, 1.807) is 0 Å². The van der Waals surface area contributed by atoms with Crippen LogP contribution in [0.2, 0.25) is 5.02 Å². The Bertz CT molecular complexity index is 630. The maximum absolute atomic E-state index is 6.23. The average Bonchev–Trinajstić information content (AvgIpc) is 2.53. The molecule has 0 saturated carbocycles. The second-order valence-electron chi connectivity index (χ2n) is 5.07. The predicted molar refractivity (Wildman–Crippen MR) is 84.1 cm³/mol. The van der Waals surface area contributed by atoms with Gasteiger partial charge in [0.05, 0.1) is 0 Å². The molecule has 0 aromatic heterocycles. The van der Waals surface area contributed by atoms with Gasteiger partial charge in [0.15, 0.2) is 11.5 Å². The van der Waals surface area contributed by atoms with Crippen molar-refractivity contribution in [1.29, 1.82) is 0 Å². The zero-order chi connectivity index (χ0) is 14.7.